The van der Waals surface area contributed by atoms with Crippen LogP contribution in [0.15, 0.2) is 28.8 Å². The summed E-state index contributed by atoms with van der Waals surface area (Å²) in [6, 6.07) is 7.47. The fourth-order valence-electron chi connectivity index (χ4n) is 2.80. The van der Waals surface area contributed by atoms with Crippen molar-refractivity contribution >= 4 is 28.2 Å². The Balaban J connectivity index is 1.81. The molecule has 1 amide bonds. The number of esters is 1. The number of methoxy groups -OCH3 is 1. The monoisotopic (exact) mass is 414 g/mol. The third-order valence-corrected chi connectivity index (χ3v) is 5.58. The molecule has 3 aromatic rings. The Morgan fingerprint density at radius 1 is 1.21 bits per heavy atom. The van der Waals surface area contributed by atoms with Gasteiger partial charge in [0.2, 0.25) is 0 Å². The molecule has 1 aromatic carbocycles. The van der Waals surface area contributed by atoms with Crippen LogP contribution in [0.4, 0.5) is 5.00 Å². The fraction of sp³-hybridized carbons (Fsp3) is 0.286. The van der Waals surface area contributed by atoms with Crippen LogP contribution in [0.2, 0.25) is 0 Å². The van der Waals surface area contributed by atoms with Crippen molar-refractivity contribution in [3.05, 3.63) is 62.9 Å². The number of carbonyl (C=O) groups is 2. The van der Waals surface area contributed by atoms with Gasteiger partial charge in [0.1, 0.15) is 23.1 Å². The van der Waals surface area contributed by atoms with Gasteiger partial charge in [-0.3, -0.25) is 4.79 Å². The number of carbonyl (C=O) groups excluding carboxylic acids is 2. The first-order chi connectivity index (χ1) is 13.8. The van der Waals surface area contributed by atoms with Crippen molar-refractivity contribution in [3.8, 4) is 5.75 Å². The summed E-state index contributed by atoms with van der Waals surface area (Å²) in [4.78, 5) is 25.6. The second-order valence-corrected chi connectivity index (χ2v) is 7.85. The number of thiophene rings is 1. The molecular formula is C21H22N2O5S. The van der Waals surface area contributed by atoms with Crippen LogP contribution in [-0.2, 0) is 11.3 Å². The predicted molar refractivity (Wildman–Crippen MR) is 110 cm³/mol. The Kier molecular flexibility index (Phi) is 6.03. The van der Waals surface area contributed by atoms with Gasteiger partial charge in [-0.2, -0.15) is 0 Å². The van der Waals surface area contributed by atoms with Crippen molar-refractivity contribution in [1.82, 2.24) is 5.16 Å². The highest BCUT2D eigenvalue weighted by Gasteiger charge is 2.24. The highest BCUT2D eigenvalue weighted by molar-refractivity contribution is 7.16. The normalized spacial score (nSPS) is 10.7. The van der Waals surface area contributed by atoms with Crippen LogP contribution in [0.1, 0.15) is 48.2 Å². The van der Waals surface area contributed by atoms with E-state index < -0.39 is 11.9 Å². The molecule has 3 rings (SSSR count). The maximum atomic E-state index is 12.8. The highest BCUT2D eigenvalue weighted by Crippen LogP contribution is 2.29. The number of aromatic nitrogens is 1. The molecule has 0 aliphatic rings. The zero-order chi connectivity index (χ0) is 21.1. The summed E-state index contributed by atoms with van der Waals surface area (Å²) in [6.45, 7) is 7.69. The molecule has 0 saturated carbocycles. The van der Waals surface area contributed by atoms with Crippen LogP contribution in [-0.4, -0.2) is 24.1 Å². The van der Waals surface area contributed by atoms with Gasteiger partial charge in [0, 0.05) is 4.88 Å². The zero-order valence-electron chi connectivity index (χ0n) is 16.9. The molecule has 1 N–H and O–H groups in total. The lowest BCUT2D eigenvalue weighted by Crippen LogP contribution is -2.16. The summed E-state index contributed by atoms with van der Waals surface area (Å²) in [5, 5.41) is 7.03. The lowest BCUT2D eigenvalue weighted by atomic mass is 10.1. The Bertz CT molecular complexity index is 1070. The average Bonchev–Trinajstić information content (AvgIpc) is 3.24. The first-order valence-corrected chi connectivity index (χ1v) is 9.77. The third-order valence-electron chi connectivity index (χ3n) is 4.61. The van der Waals surface area contributed by atoms with Crippen molar-refractivity contribution in [2.45, 2.75) is 34.3 Å². The number of aryl methyl sites for hydroxylation is 3. The van der Waals surface area contributed by atoms with Gasteiger partial charge in [0.25, 0.3) is 5.91 Å². The number of ether oxygens (including phenoxy) is 2. The molecule has 2 aromatic heterocycles. The molecule has 0 atom stereocenters. The van der Waals surface area contributed by atoms with Crippen LogP contribution in [0, 0.1) is 27.7 Å². The number of hydrogen-bond acceptors (Lipinski definition) is 7. The number of rotatable bonds is 6. The van der Waals surface area contributed by atoms with Gasteiger partial charge in [0.15, 0.2) is 5.69 Å². The van der Waals surface area contributed by atoms with E-state index in [1.165, 1.54) is 18.4 Å². The van der Waals surface area contributed by atoms with E-state index >= 15 is 0 Å². The van der Waals surface area contributed by atoms with Crippen molar-refractivity contribution in [2.75, 3.05) is 12.4 Å². The second-order valence-electron chi connectivity index (χ2n) is 6.60. The molecule has 0 fully saturated rings. The van der Waals surface area contributed by atoms with Crippen molar-refractivity contribution < 1.29 is 23.6 Å². The SMILES string of the molecule is COC(=O)c1cc(C)sc1NC(=O)c1noc(C)c1COc1cccc(C)c1C. The quantitative estimate of drug-likeness (QED) is 0.594. The first kappa shape index (κ1) is 20.6. The molecule has 152 valence electrons. The van der Waals surface area contributed by atoms with E-state index in [0.717, 1.165) is 21.8 Å². The van der Waals surface area contributed by atoms with Crippen LogP contribution in [0.3, 0.4) is 0 Å². The van der Waals surface area contributed by atoms with Crippen molar-refractivity contribution in [2.24, 2.45) is 0 Å². The third kappa shape index (κ3) is 4.32. The highest BCUT2D eigenvalue weighted by atomic mass is 32.1. The molecule has 0 aliphatic carbocycles. The molecular weight excluding hydrogens is 392 g/mol. The number of nitrogens with one attached hydrogen (secondary N) is 1. The van der Waals surface area contributed by atoms with E-state index in [1.807, 2.05) is 39.0 Å². The minimum absolute atomic E-state index is 0.120. The topological polar surface area (TPSA) is 90.7 Å². The summed E-state index contributed by atoms with van der Waals surface area (Å²) < 4.78 is 15.9. The van der Waals surface area contributed by atoms with E-state index in [-0.39, 0.29) is 12.3 Å². The Morgan fingerprint density at radius 3 is 2.69 bits per heavy atom. The minimum atomic E-state index is -0.514. The first-order valence-electron chi connectivity index (χ1n) is 8.96. The maximum Gasteiger partial charge on any atom is 0.340 e. The van der Waals surface area contributed by atoms with Gasteiger partial charge in [-0.1, -0.05) is 17.3 Å². The van der Waals surface area contributed by atoms with E-state index in [9.17, 15) is 9.59 Å². The van der Waals surface area contributed by atoms with Crippen molar-refractivity contribution in [1.29, 1.82) is 0 Å². The maximum absolute atomic E-state index is 12.8. The van der Waals surface area contributed by atoms with Gasteiger partial charge in [0.05, 0.1) is 18.2 Å². The number of amides is 1. The fourth-order valence-corrected chi connectivity index (χ4v) is 3.70. The summed E-state index contributed by atoms with van der Waals surface area (Å²) in [5.74, 6) is 0.239. The molecule has 0 bridgehead atoms. The Morgan fingerprint density at radius 2 is 1.97 bits per heavy atom. The molecule has 0 saturated heterocycles. The van der Waals surface area contributed by atoms with Gasteiger partial charge >= 0.3 is 5.97 Å². The van der Waals surface area contributed by atoms with Crippen LogP contribution >= 0.6 is 11.3 Å². The number of hydrogen-bond donors (Lipinski definition) is 1. The van der Waals surface area contributed by atoms with Crippen molar-refractivity contribution in [3.63, 3.8) is 0 Å². The largest absolute Gasteiger partial charge is 0.488 e. The predicted octanol–water partition coefficient (Wildman–Crippen LogP) is 4.59. The summed E-state index contributed by atoms with van der Waals surface area (Å²) >= 11 is 1.29. The van der Waals surface area contributed by atoms with Crippen LogP contribution < -0.4 is 10.1 Å². The summed E-state index contributed by atoms with van der Waals surface area (Å²) in [7, 11) is 1.30. The molecule has 0 unspecified atom stereocenters. The molecule has 29 heavy (non-hydrogen) atoms. The Labute approximate surface area is 172 Å². The van der Waals surface area contributed by atoms with Gasteiger partial charge in [-0.25, -0.2) is 4.79 Å². The molecule has 7 nitrogen and oxygen atoms in total. The van der Waals surface area contributed by atoms with Crippen LogP contribution in [0.5, 0.6) is 5.75 Å². The van der Waals surface area contributed by atoms with Gasteiger partial charge < -0.3 is 19.3 Å². The standard InChI is InChI=1S/C21H22N2O5S/c1-11-7-6-8-17(13(11)3)27-10-16-14(4)28-23-18(16)19(24)22-20-15(21(25)26-5)9-12(2)29-20/h6-9H,10H2,1-5H3,(H,22,24). The number of anilines is 1. The van der Waals surface area contributed by atoms with E-state index in [1.54, 1.807) is 13.0 Å². The smallest absolute Gasteiger partial charge is 0.340 e. The molecule has 8 heteroatoms. The Hall–Kier alpha value is -3.13. The average molecular weight is 414 g/mol. The lowest BCUT2D eigenvalue weighted by Gasteiger charge is -2.11. The van der Waals surface area contributed by atoms with Gasteiger partial charge in [-0.05, 0) is 51.0 Å². The van der Waals surface area contributed by atoms with E-state index in [0.29, 0.717) is 21.9 Å². The molecule has 0 radical (unpaired) electrons. The zero-order valence-corrected chi connectivity index (χ0v) is 17.7. The molecule has 0 spiro atoms. The summed E-state index contributed by atoms with van der Waals surface area (Å²) in [5.41, 5.74) is 3.12. The molecule has 0 aliphatic heterocycles. The number of benzene rings is 1. The van der Waals surface area contributed by atoms with E-state index in [2.05, 4.69) is 10.5 Å². The second kappa shape index (κ2) is 8.48. The summed E-state index contributed by atoms with van der Waals surface area (Å²) in [6.07, 6.45) is 0. The molecule has 2 heterocycles. The van der Waals surface area contributed by atoms with Crippen LogP contribution in [0.25, 0.3) is 0 Å². The minimum Gasteiger partial charge on any atom is -0.488 e. The van der Waals surface area contributed by atoms with E-state index in [4.69, 9.17) is 14.0 Å². The lowest BCUT2D eigenvalue weighted by molar-refractivity contribution is 0.0602. The number of nitrogens with zero attached hydrogens (tertiary/aromatic N) is 1. The van der Waals surface area contributed by atoms with Gasteiger partial charge in [-0.15, -0.1) is 11.3 Å².